The zero-order valence-corrected chi connectivity index (χ0v) is 13.9. The van der Waals surface area contributed by atoms with Crippen LogP contribution in [0.4, 0.5) is 0 Å². The molecule has 1 rings (SSSR count). The van der Waals surface area contributed by atoms with Gasteiger partial charge in [-0.2, -0.15) is 0 Å². The van der Waals surface area contributed by atoms with Crippen molar-refractivity contribution in [2.24, 2.45) is 11.8 Å². The Labute approximate surface area is 120 Å². The fraction of sp³-hybridized carbons (Fsp3) is 1.00. The van der Waals surface area contributed by atoms with E-state index in [4.69, 9.17) is 0 Å². The summed E-state index contributed by atoms with van der Waals surface area (Å²) in [6.45, 7) is 10.6. The van der Waals surface area contributed by atoms with Crippen LogP contribution >= 0.6 is 0 Å². The molecule has 0 bridgehead atoms. The average Bonchev–Trinajstić information content (AvgIpc) is 2.35. The van der Waals surface area contributed by atoms with E-state index in [1.165, 1.54) is 25.8 Å². The highest BCUT2D eigenvalue weighted by Crippen LogP contribution is 2.29. The van der Waals surface area contributed by atoms with E-state index in [0.717, 1.165) is 31.0 Å². The van der Waals surface area contributed by atoms with E-state index in [9.17, 15) is 0 Å². The molecule has 0 saturated heterocycles. The number of rotatable bonds is 7. The molecule has 0 aromatic rings. The Balaban J connectivity index is 2.56. The third-order valence-electron chi connectivity index (χ3n) is 4.74. The van der Waals surface area contributed by atoms with Crippen LogP contribution in [0, 0.1) is 11.8 Å². The van der Waals surface area contributed by atoms with Crippen molar-refractivity contribution in [2.75, 3.05) is 40.8 Å². The first kappa shape index (κ1) is 16.9. The maximum absolute atomic E-state index is 3.55. The first-order valence-corrected chi connectivity index (χ1v) is 8.03. The quantitative estimate of drug-likeness (QED) is 0.765. The third kappa shape index (κ3) is 5.41. The maximum Gasteiger partial charge on any atom is 0.0194 e. The van der Waals surface area contributed by atoms with E-state index < -0.39 is 0 Å². The Hall–Kier alpha value is -0.120. The fourth-order valence-electron chi connectivity index (χ4n) is 3.65. The lowest BCUT2D eigenvalue weighted by Crippen LogP contribution is -2.48. The topological polar surface area (TPSA) is 18.5 Å². The van der Waals surface area contributed by atoms with Gasteiger partial charge in [0.1, 0.15) is 0 Å². The Morgan fingerprint density at radius 2 is 1.95 bits per heavy atom. The first-order valence-electron chi connectivity index (χ1n) is 8.03. The molecule has 0 aromatic carbocycles. The van der Waals surface area contributed by atoms with Gasteiger partial charge in [-0.3, -0.25) is 4.90 Å². The molecule has 1 aliphatic rings. The Morgan fingerprint density at radius 3 is 2.47 bits per heavy atom. The van der Waals surface area contributed by atoms with Crippen LogP contribution in [0.3, 0.4) is 0 Å². The summed E-state index contributed by atoms with van der Waals surface area (Å²) in [5, 5.41) is 3.55. The predicted octanol–water partition coefficient (Wildman–Crippen LogP) is 2.28. The molecule has 114 valence electrons. The van der Waals surface area contributed by atoms with Gasteiger partial charge in [0.05, 0.1) is 0 Å². The van der Waals surface area contributed by atoms with Crippen LogP contribution in [0.1, 0.15) is 40.0 Å². The number of likely N-dealkylation sites (N-methyl/N-ethyl adjacent to an activating group) is 2. The fourth-order valence-corrected chi connectivity index (χ4v) is 3.65. The maximum atomic E-state index is 3.55. The van der Waals surface area contributed by atoms with E-state index in [2.05, 4.69) is 57.0 Å². The normalized spacial score (nSPS) is 30.0. The van der Waals surface area contributed by atoms with Crippen LogP contribution in [0.2, 0.25) is 0 Å². The van der Waals surface area contributed by atoms with Gasteiger partial charge in [0, 0.05) is 25.2 Å². The SMILES string of the molecule is CCN(CC1CC(C)CCC1NC)C(C)CN(C)C. The lowest BCUT2D eigenvalue weighted by atomic mass is 9.78. The molecule has 3 nitrogen and oxygen atoms in total. The van der Waals surface area contributed by atoms with Crippen molar-refractivity contribution < 1.29 is 0 Å². The minimum absolute atomic E-state index is 0.648. The molecular formula is C16H35N3. The van der Waals surface area contributed by atoms with Gasteiger partial charge < -0.3 is 10.2 Å². The van der Waals surface area contributed by atoms with Crippen LogP contribution in [0.25, 0.3) is 0 Å². The summed E-state index contributed by atoms with van der Waals surface area (Å²) in [5.74, 6) is 1.72. The highest BCUT2D eigenvalue weighted by molar-refractivity contribution is 4.85. The largest absolute Gasteiger partial charge is 0.317 e. The minimum atomic E-state index is 0.648. The van der Waals surface area contributed by atoms with Crippen LogP contribution in [-0.2, 0) is 0 Å². The first-order chi connectivity index (χ1) is 8.97. The van der Waals surface area contributed by atoms with Gasteiger partial charge in [-0.25, -0.2) is 0 Å². The van der Waals surface area contributed by atoms with Gasteiger partial charge in [0.25, 0.3) is 0 Å². The van der Waals surface area contributed by atoms with E-state index in [0.29, 0.717) is 6.04 Å². The van der Waals surface area contributed by atoms with Crippen molar-refractivity contribution >= 4 is 0 Å². The number of nitrogens with zero attached hydrogens (tertiary/aromatic N) is 2. The van der Waals surface area contributed by atoms with Crippen LogP contribution in [-0.4, -0.2) is 62.7 Å². The molecule has 0 heterocycles. The molecule has 0 amide bonds. The standard InChI is InChI=1S/C16H35N3/c1-7-19(14(3)11-18(5)6)12-15-10-13(2)8-9-16(15)17-4/h13-17H,7-12H2,1-6H3. The van der Waals surface area contributed by atoms with Crippen LogP contribution < -0.4 is 5.32 Å². The number of hydrogen-bond donors (Lipinski definition) is 1. The minimum Gasteiger partial charge on any atom is -0.317 e. The van der Waals surface area contributed by atoms with Gasteiger partial charge in [0.2, 0.25) is 0 Å². The van der Waals surface area contributed by atoms with Crippen molar-refractivity contribution in [3.63, 3.8) is 0 Å². The van der Waals surface area contributed by atoms with Crippen LogP contribution in [0.5, 0.6) is 0 Å². The van der Waals surface area contributed by atoms with E-state index in [1.807, 2.05) is 0 Å². The van der Waals surface area contributed by atoms with Crippen LogP contribution in [0.15, 0.2) is 0 Å². The predicted molar refractivity (Wildman–Crippen MR) is 84.6 cm³/mol. The monoisotopic (exact) mass is 269 g/mol. The molecule has 1 aliphatic carbocycles. The van der Waals surface area contributed by atoms with Gasteiger partial charge in [-0.05, 0) is 65.7 Å². The smallest absolute Gasteiger partial charge is 0.0194 e. The molecule has 3 heteroatoms. The Bertz CT molecular complexity index is 242. The summed E-state index contributed by atoms with van der Waals surface area (Å²) in [4.78, 5) is 4.96. The molecule has 4 atom stereocenters. The van der Waals surface area contributed by atoms with Crippen molar-refractivity contribution in [2.45, 2.75) is 52.1 Å². The van der Waals surface area contributed by atoms with Gasteiger partial charge in [-0.15, -0.1) is 0 Å². The molecule has 1 saturated carbocycles. The Kier molecular flexibility index (Phi) is 7.33. The molecule has 0 aliphatic heterocycles. The highest BCUT2D eigenvalue weighted by atomic mass is 15.2. The van der Waals surface area contributed by atoms with Gasteiger partial charge >= 0.3 is 0 Å². The summed E-state index contributed by atoms with van der Waals surface area (Å²) in [7, 11) is 6.47. The summed E-state index contributed by atoms with van der Waals surface area (Å²) in [6, 6.07) is 1.37. The van der Waals surface area contributed by atoms with Crippen molar-refractivity contribution in [1.82, 2.24) is 15.1 Å². The summed E-state index contributed by atoms with van der Waals surface area (Å²) >= 11 is 0. The molecule has 0 spiro atoms. The third-order valence-corrected chi connectivity index (χ3v) is 4.74. The summed E-state index contributed by atoms with van der Waals surface area (Å²) < 4.78 is 0. The second kappa shape index (κ2) is 8.23. The van der Waals surface area contributed by atoms with Crippen molar-refractivity contribution in [1.29, 1.82) is 0 Å². The van der Waals surface area contributed by atoms with Gasteiger partial charge in [0.15, 0.2) is 0 Å². The summed E-state index contributed by atoms with van der Waals surface area (Å²) in [5.41, 5.74) is 0. The van der Waals surface area contributed by atoms with E-state index >= 15 is 0 Å². The van der Waals surface area contributed by atoms with E-state index in [-0.39, 0.29) is 0 Å². The van der Waals surface area contributed by atoms with Crippen molar-refractivity contribution in [3.05, 3.63) is 0 Å². The lowest BCUT2D eigenvalue weighted by molar-refractivity contribution is 0.113. The second-order valence-electron chi connectivity index (χ2n) is 6.77. The van der Waals surface area contributed by atoms with Gasteiger partial charge in [-0.1, -0.05) is 13.8 Å². The Morgan fingerprint density at radius 1 is 1.26 bits per heavy atom. The highest BCUT2D eigenvalue weighted by Gasteiger charge is 2.29. The van der Waals surface area contributed by atoms with E-state index in [1.54, 1.807) is 0 Å². The zero-order chi connectivity index (χ0) is 14.4. The molecule has 1 fully saturated rings. The average molecular weight is 269 g/mol. The second-order valence-corrected chi connectivity index (χ2v) is 6.77. The number of hydrogen-bond acceptors (Lipinski definition) is 3. The lowest BCUT2D eigenvalue weighted by Gasteiger charge is -2.40. The summed E-state index contributed by atoms with van der Waals surface area (Å²) in [6.07, 6.45) is 4.13. The molecule has 0 radical (unpaired) electrons. The molecule has 0 aromatic heterocycles. The zero-order valence-electron chi connectivity index (χ0n) is 13.9. The molecule has 4 unspecified atom stereocenters. The molecule has 1 N–H and O–H groups in total. The molecular weight excluding hydrogens is 234 g/mol. The number of nitrogens with one attached hydrogen (secondary N) is 1. The van der Waals surface area contributed by atoms with Crippen molar-refractivity contribution in [3.8, 4) is 0 Å². The molecule has 19 heavy (non-hydrogen) atoms.